The van der Waals surface area contributed by atoms with Gasteiger partial charge in [0.2, 0.25) is 0 Å². The van der Waals surface area contributed by atoms with Crippen molar-refractivity contribution in [1.29, 1.82) is 0 Å². The summed E-state index contributed by atoms with van der Waals surface area (Å²) in [7, 11) is 0. The average Bonchev–Trinajstić information content (AvgIpc) is 2.57. The molecule has 11 heavy (non-hydrogen) atoms. The lowest BCUT2D eigenvalue weighted by Crippen LogP contribution is -2.08. The molecule has 2 fully saturated rings. The second kappa shape index (κ2) is 1.77. The summed E-state index contributed by atoms with van der Waals surface area (Å²) >= 11 is 0. The molecule has 2 rings (SSSR count). The lowest BCUT2D eigenvalue weighted by molar-refractivity contribution is -0.116. The first kappa shape index (κ1) is 7.08. The maximum atomic E-state index is 11.4. The van der Waals surface area contributed by atoms with Gasteiger partial charge < -0.3 is 0 Å². The van der Waals surface area contributed by atoms with Gasteiger partial charge in [0.25, 0.3) is 0 Å². The molecule has 0 radical (unpaired) electrons. The van der Waals surface area contributed by atoms with E-state index in [1.165, 1.54) is 0 Å². The highest BCUT2D eigenvalue weighted by Crippen LogP contribution is 2.66. The number of hydrogen-bond donors (Lipinski definition) is 0. The van der Waals surface area contributed by atoms with Crippen LogP contribution in [0.4, 0.5) is 0 Å². The van der Waals surface area contributed by atoms with Crippen molar-refractivity contribution >= 4 is 5.78 Å². The van der Waals surface area contributed by atoms with Crippen molar-refractivity contribution in [1.82, 2.24) is 0 Å². The fourth-order valence-electron chi connectivity index (χ4n) is 2.44. The van der Waals surface area contributed by atoms with Crippen molar-refractivity contribution in [2.75, 3.05) is 0 Å². The maximum absolute atomic E-state index is 11.4. The van der Waals surface area contributed by atoms with E-state index >= 15 is 0 Å². The lowest BCUT2D eigenvalue weighted by atomic mass is 9.89. The molecule has 2 aliphatic rings. The highest BCUT2D eigenvalue weighted by molar-refractivity contribution is 6.02. The van der Waals surface area contributed by atoms with Crippen LogP contribution in [-0.2, 0) is 4.79 Å². The number of hydrogen-bond acceptors (Lipinski definition) is 1. The van der Waals surface area contributed by atoms with Crippen LogP contribution in [0.2, 0.25) is 0 Å². The van der Waals surface area contributed by atoms with Crippen molar-refractivity contribution in [2.45, 2.75) is 26.7 Å². The minimum atomic E-state index is 0.346. The normalized spacial score (nSPS) is 41.5. The average molecular weight is 150 g/mol. The zero-order valence-electron chi connectivity index (χ0n) is 7.18. The topological polar surface area (TPSA) is 17.1 Å². The first-order chi connectivity index (χ1) is 5.08. The Morgan fingerprint density at radius 2 is 2.27 bits per heavy atom. The molecule has 0 saturated heterocycles. The molecular formula is C10H14O. The molecule has 1 nitrogen and oxygen atoms in total. The largest absolute Gasteiger partial charge is 0.294 e. The smallest absolute Gasteiger partial charge is 0.161 e. The zero-order chi connectivity index (χ0) is 8.22. The van der Waals surface area contributed by atoms with Gasteiger partial charge in [-0.25, -0.2) is 0 Å². The Labute approximate surface area is 67.5 Å². The highest BCUT2D eigenvalue weighted by Gasteiger charge is 2.64. The third-order valence-corrected chi connectivity index (χ3v) is 3.48. The highest BCUT2D eigenvalue weighted by atomic mass is 16.1. The summed E-state index contributed by atoms with van der Waals surface area (Å²) in [5.41, 5.74) is 1.23. The Bertz CT molecular complexity index is 239. The van der Waals surface area contributed by atoms with Crippen molar-refractivity contribution in [3.8, 4) is 0 Å². The maximum Gasteiger partial charge on any atom is 0.161 e. The second-order valence-corrected chi connectivity index (χ2v) is 4.29. The molecule has 0 spiro atoms. The van der Waals surface area contributed by atoms with Gasteiger partial charge in [0.1, 0.15) is 0 Å². The first-order valence-corrected chi connectivity index (χ1v) is 4.30. The van der Waals surface area contributed by atoms with Gasteiger partial charge in [0.05, 0.1) is 0 Å². The third-order valence-electron chi connectivity index (χ3n) is 3.48. The molecule has 0 amide bonds. The number of Topliss-reactive ketones (excluding diaryl/α,β-unsaturated/α-hetero) is 1. The van der Waals surface area contributed by atoms with Gasteiger partial charge >= 0.3 is 0 Å². The summed E-state index contributed by atoms with van der Waals surface area (Å²) in [4.78, 5) is 11.4. The van der Waals surface area contributed by atoms with E-state index in [9.17, 15) is 4.79 Å². The Morgan fingerprint density at radius 1 is 1.64 bits per heavy atom. The van der Waals surface area contributed by atoms with E-state index in [1.54, 1.807) is 0 Å². The molecule has 0 N–H and O–H groups in total. The molecule has 0 aliphatic heterocycles. The Hall–Kier alpha value is -0.590. The Morgan fingerprint density at radius 3 is 2.55 bits per heavy atom. The lowest BCUT2D eigenvalue weighted by Gasteiger charge is -2.15. The van der Waals surface area contributed by atoms with E-state index in [1.807, 2.05) is 0 Å². The molecule has 0 aromatic heterocycles. The molecule has 2 aliphatic carbocycles. The van der Waals surface area contributed by atoms with Gasteiger partial charge in [-0.3, -0.25) is 4.79 Å². The van der Waals surface area contributed by atoms with Gasteiger partial charge in [-0.1, -0.05) is 20.4 Å². The van der Waals surface area contributed by atoms with E-state index in [-0.39, 0.29) is 0 Å². The first-order valence-electron chi connectivity index (χ1n) is 4.30. The van der Waals surface area contributed by atoms with E-state index in [4.69, 9.17) is 0 Å². The van der Waals surface area contributed by atoms with Crippen molar-refractivity contribution < 1.29 is 4.79 Å². The molecule has 1 heteroatoms. The van der Waals surface area contributed by atoms with Crippen LogP contribution in [-0.4, -0.2) is 5.78 Å². The van der Waals surface area contributed by atoms with Gasteiger partial charge in [-0.05, 0) is 29.7 Å². The standard InChI is InChI=1S/C10H14O/c1-6(2)10-4-7(3)9(11)8(10)5-10/h6,8H,3-5H2,1-2H3. The van der Waals surface area contributed by atoms with E-state index in [0.717, 1.165) is 18.4 Å². The number of rotatable bonds is 1. The summed E-state index contributed by atoms with van der Waals surface area (Å²) in [6.07, 6.45) is 2.09. The van der Waals surface area contributed by atoms with Crippen LogP contribution in [0.1, 0.15) is 26.7 Å². The molecule has 0 heterocycles. The minimum absolute atomic E-state index is 0.346. The molecule has 0 aromatic rings. The second-order valence-electron chi connectivity index (χ2n) is 4.29. The summed E-state index contributed by atoms with van der Waals surface area (Å²) in [6.45, 7) is 8.22. The van der Waals surface area contributed by atoms with Gasteiger partial charge in [-0.2, -0.15) is 0 Å². The molecule has 2 atom stereocenters. The quantitative estimate of drug-likeness (QED) is 0.523. The predicted octanol–water partition coefficient (Wildman–Crippen LogP) is 2.18. The van der Waals surface area contributed by atoms with Gasteiger partial charge in [0.15, 0.2) is 5.78 Å². The monoisotopic (exact) mass is 150 g/mol. The van der Waals surface area contributed by atoms with Gasteiger partial charge in [0, 0.05) is 5.92 Å². The number of carbonyl (C=O) groups is 1. The van der Waals surface area contributed by atoms with Crippen LogP contribution in [0, 0.1) is 17.3 Å². The van der Waals surface area contributed by atoms with Gasteiger partial charge in [-0.15, -0.1) is 0 Å². The van der Waals surface area contributed by atoms with Crippen LogP contribution in [0.3, 0.4) is 0 Å². The fraction of sp³-hybridized carbons (Fsp3) is 0.700. The summed E-state index contributed by atoms with van der Waals surface area (Å²) in [6, 6.07) is 0. The molecule has 0 bridgehead atoms. The number of carbonyl (C=O) groups excluding carboxylic acids is 1. The molecule has 2 saturated carbocycles. The summed E-state index contributed by atoms with van der Waals surface area (Å²) in [5, 5.41) is 0. The van der Waals surface area contributed by atoms with Crippen LogP contribution in [0.5, 0.6) is 0 Å². The molecule has 60 valence electrons. The van der Waals surface area contributed by atoms with Crippen molar-refractivity contribution in [3.05, 3.63) is 12.2 Å². The number of ketones is 1. The fourth-order valence-corrected chi connectivity index (χ4v) is 2.44. The summed E-state index contributed by atoms with van der Waals surface area (Å²) in [5.74, 6) is 1.35. The molecule has 2 unspecified atom stereocenters. The Kier molecular flexibility index (Phi) is 1.14. The number of allylic oxidation sites excluding steroid dienone is 1. The number of fused-ring (bicyclic) bond motifs is 1. The van der Waals surface area contributed by atoms with Crippen LogP contribution < -0.4 is 0 Å². The van der Waals surface area contributed by atoms with E-state index in [2.05, 4.69) is 20.4 Å². The van der Waals surface area contributed by atoms with E-state index in [0.29, 0.717) is 23.0 Å². The third kappa shape index (κ3) is 0.688. The molecular weight excluding hydrogens is 136 g/mol. The SMILES string of the molecule is C=C1CC2(C(C)C)CC2C1=O. The zero-order valence-corrected chi connectivity index (χ0v) is 7.18. The van der Waals surface area contributed by atoms with Crippen molar-refractivity contribution in [2.24, 2.45) is 17.3 Å². The van der Waals surface area contributed by atoms with Crippen LogP contribution in [0.15, 0.2) is 12.2 Å². The minimum Gasteiger partial charge on any atom is -0.294 e. The molecule has 0 aromatic carbocycles. The summed E-state index contributed by atoms with van der Waals surface area (Å²) < 4.78 is 0. The van der Waals surface area contributed by atoms with Crippen LogP contribution >= 0.6 is 0 Å². The Balaban J connectivity index is 2.26. The van der Waals surface area contributed by atoms with Crippen molar-refractivity contribution in [3.63, 3.8) is 0 Å². The predicted molar refractivity (Wildman–Crippen MR) is 44.1 cm³/mol. The van der Waals surface area contributed by atoms with Crippen LogP contribution in [0.25, 0.3) is 0 Å². The van der Waals surface area contributed by atoms with E-state index < -0.39 is 0 Å².